The molecule has 2 aliphatic rings. The lowest BCUT2D eigenvalue weighted by Crippen LogP contribution is -2.41. The van der Waals surface area contributed by atoms with E-state index in [9.17, 15) is 9.59 Å². The Morgan fingerprint density at radius 2 is 2.09 bits per heavy atom. The van der Waals surface area contributed by atoms with Crippen LogP contribution in [0.5, 0.6) is 0 Å². The number of carbonyl (C=O) groups excluding carboxylic acids is 1. The number of nitrogens with zero attached hydrogens (tertiary/aromatic N) is 1. The molecule has 0 unspecified atom stereocenters. The first-order chi connectivity index (χ1) is 10.6. The predicted molar refractivity (Wildman–Crippen MR) is 80.7 cm³/mol. The number of carboxylic acids is 1. The van der Waals surface area contributed by atoms with Crippen molar-refractivity contribution in [3.63, 3.8) is 0 Å². The number of ether oxygens (including phenoxy) is 1. The number of benzene rings is 1. The van der Waals surface area contributed by atoms with Crippen LogP contribution in [-0.4, -0.2) is 42.1 Å². The average molecular weight is 303 g/mol. The van der Waals surface area contributed by atoms with Gasteiger partial charge in [-0.15, -0.1) is 0 Å². The lowest BCUT2D eigenvalue weighted by Gasteiger charge is -2.32. The van der Waals surface area contributed by atoms with Crippen LogP contribution < -0.4 is 0 Å². The maximum atomic E-state index is 12.8. The highest BCUT2D eigenvalue weighted by Crippen LogP contribution is 2.50. The highest BCUT2D eigenvalue weighted by molar-refractivity contribution is 5.88. The van der Waals surface area contributed by atoms with Gasteiger partial charge in [-0.05, 0) is 48.9 Å². The van der Waals surface area contributed by atoms with Crippen LogP contribution in [0.1, 0.15) is 40.7 Å². The van der Waals surface area contributed by atoms with E-state index in [1.54, 1.807) is 19.2 Å². The minimum Gasteiger partial charge on any atom is -0.478 e. The van der Waals surface area contributed by atoms with Crippen molar-refractivity contribution in [2.45, 2.75) is 32.2 Å². The third-order valence-electron chi connectivity index (χ3n) is 4.84. The molecule has 1 N–H and O–H groups in total. The van der Waals surface area contributed by atoms with Gasteiger partial charge in [-0.2, -0.15) is 0 Å². The van der Waals surface area contributed by atoms with E-state index in [1.807, 2.05) is 11.0 Å². The molecule has 1 aliphatic heterocycles. The first-order valence-corrected chi connectivity index (χ1v) is 7.69. The van der Waals surface area contributed by atoms with Crippen molar-refractivity contribution < 1.29 is 19.4 Å². The molecule has 1 fully saturated rings. The molecule has 0 atom stereocenters. The minimum atomic E-state index is -0.926. The summed E-state index contributed by atoms with van der Waals surface area (Å²) in [5.41, 5.74) is 2.17. The Kier molecular flexibility index (Phi) is 3.91. The van der Waals surface area contributed by atoms with Gasteiger partial charge in [0.15, 0.2) is 0 Å². The number of methoxy groups -OCH3 is 1. The summed E-state index contributed by atoms with van der Waals surface area (Å²) >= 11 is 0. The van der Waals surface area contributed by atoms with Crippen molar-refractivity contribution >= 4 is 11.9 Å². The highest BCUT2D eigenvalue weighted by Gasteiger charge is 2.51. The summed E-state index contributed by atoms with van der Waals surface area (Å²) in [7, 11) is 1.66. The summed E-state index contributed by atoms with van der Waals surface area (Å²) in [6, 6.07) is 5.21. The third-order valence-corrected chi connectivity index (χ3v) is 4.84. The molecular formula is C17H21NO4. The van der Waals surface area contributed by atoms with Gasteiger partial charge in [0.2, 0.25) is 5.91 Å². The first kappa shape index (κ1) is 15.0. The number of aromatic carboxylic acids is 1. The van der Waals surface area contributed by atoms with Gasteiger partial charge in [0, 0.05) is 26.8 Å². The van der Waals surface area contributed by atoms with Gasteiger partial charge >= 0.3 is 5.97 Å². The fourth-order valence-electron chi connectivity index (χ4n) is 3.22. The number of hydrogen-bond acceptors (Lipinski definition) is 3. The molecule has 0 saturated heterocycles. The van der Waals surface area contributed by atoms with Crippen LogP contribution in [-0.2, 0) is 22.5 Å². The number of hydrogen-bond donors (Lipinski definition) is 1. The molecule has 5 nitrogen and oxygen atoms in total. The normalized spacial score (nSPS) is 18.7. The molecule has 1 aromatic carbocycles. The second-order valence-corrected chi connectivity index (χ2v) is 6.29. The largest absolute Gasteiger partial charge is 0.478 e. The topological polar surface area (TPSA) is 66.8 Å². The van der Waals surface area contributed by atoms with Gasteiger partial charge in [-0.3, -0.25) is 4.79 Å². The number of fused-ring (bicyclic) bond motifs is 1. The van der Waals surface area contributed by atoms with E-state index in [-0.39, 0.29) is 16.9 Å². The van der Waals surface area contributed by atoms with E-state index in [2.05, 4.69) is 0 Å². The molecule has 0 bridgehead atoms. The fraction of sp³-hybridized carbons (Fsp3) is 0.529. The van der Waals surface area contributed by atoms with Gasteiger partial charge in [-0.1, -0.05) is 6.07 Å². The lowest BCUT2D eigenvalue weighted by molar-refractivity contribution is -0.138. The Labute approximate surface area is 129 Å². The minimum absolute atomic E-state index is 0.205. The Hall–Kier alpha value is -1.88. The third kappa shape index (κ3) is 2.73. The lowest BCUT2D eigenvalue weighted by atomic mass is 9.94. The molecule has 0 aromatic heterocycles. The van der Waals surface area contributed by atoms with E-state index in [1.165, 1.54) is 0 Å². The Morgan fingerprint density at radius 3 is 2.73 bits per heavy atom. The summed E-state index contributed by atoms with van der Waals surface area (Å²) in [6.45, 7) is 1.84. The van der Waals surface area contributed by atoms with Crippen LogP contribution in [0.2, 0.25) is 0 Å². The van der Waals surface area contributed by atoms with Gasteiger partial charge in [0.1, 0.15) is 0 Å². The van der Waals surface area contributed by atoms with Crippen LogP contribution in [0.3, 0.4) is 0 Å². The van der Waals surface area contributed by atoms with Crippen molar-refractivity contribution in [3.8, 4) is 0 Å². The fourth-order valence-corrected chi connectivity index (χ4v) is 3.22. The molecule has 1 heterocycles. The summed E-state index contributed by atoms with van der Waals surface area (Å²) in [6.07, 6.45) is 3.45. The standard InChI is InChI=1S/C17H21NO4/c1-22-9-7-17(5-6-17)16(21)18-8-4-12-2-3-13(15(19)20)10-14(12)11-18/h2-3,10H,4-9,11H2,1H3,(H,19,20). The molecule has 22 heavy (non-hydrogen) atoms. The molecule has 118 valence electrons. The SMILES string of the molecule is COCCC1(C(=O)N2CCc3ccc(C(=O)O)cc3C2)CC1. The van der Waals surface area contributed by atoms with Crippen molar-refractivity contribution in [1.82, 2.24) is 4.90 Å². The van der Waals surface area contributed by atoms with Gasteiger partial charge in [0.05, 0.1) is 11.0 Å². The van der Waals surface area contributed by atoms with E-state index in [0.29, 0.717) is 19.7 Å². The maximum Gasteiger partial charge on any atom is 0.335 e. The highest BCUT2D eigenvalue weighted by atomic mass is 16.5. The summed E-state index contributed by atoms with van der Waals surface area (Å²) in [4.78, 5) is 25.8. The van der Waals surface area contributed by atoms with Gasteiger partial charge in [-0.25, -0.2) is 4.79 Å². The number of amides is 1. The zero-order valence-corrected chi connectivity index (χ0v) is 12.8. The Bertz CT molecular complexity index is 607. The number of carboxylic acid groups (broad SMARTS) is 1. The van der Waals surface area contributed by atoms with Crippen molar-refractivity contribution in [2.24, 2.45) is 5.41 Å². The predicted octanol–water partition coefficient (Wildman–Crippen LogP) is 2.09. The second kappa shape index (κ2) is 5.72. The van der Waals surface area contributed by atoms with Crippen LogP contribution in [0.25, 0.3) is 0 Å². The molecule has 1 amide bonds. The molecule has 1 saturated carbocycles. The summed E-state index contributed by atoms with van der Waals surface area (Å²) in [5.74, 6) is -0.721. The zero-order valence-electron chi connectivity index (χ0n) is 12.8. The van der Waals surface area contributed by atoms with E-state index >= 15 is 0 Å². The number of rotatable bonds is 5. The second-order valence-electron chi connectivity index (χ2n) is 6.29. The molecule has 0 spiro atoms. The van der Waals surface area contributed by atoms with E-state index < -0.39 is 5.97 Å². The van der Waals surface area contributed by atoms with Crippen LogP contribution in [0.15, 0.2) is 18.2 Å². The molecule has 1 aromatic rings. The van der Waals surface area contributed by atoms with Crippen LogP contribution in [0, 0.1) is 5.41 Å². The molecule has 3 rings (SSSR count). The van der Waals surface area contributed by atoms with Crippen LogP contribution in [0.4, 0.5) is 0 Å². The number of carbonyl (C=O) groups is 2. The molecule has 5 heteroatoms. The quantitative estimate of drug-likeness (QED) is 0.904. The van der Waals surface area contributed by atoms with Crippen molar-refractivity contribution in [1.29, 1.82) is 0 Å². The van der Waals surface area contributed by atoms with E-state index in [0.717, 1.165) is 36.8 Å². The summed E-state index contributed by atoms with van der Waals surface area (Å²) in [5, 5.41) is 9.10. The van der Waals surface area contributed by atoms with Crippen molar-refractivity contribution in [2.75, 3.05) is 20.3 Å². The summed E-state index contributed by atoms with van der Waals surface area (Å²) < 4.78 is 5.12. The zero-order chi connectivity index (χ0) is 15.7. The van der Waals surface area contributed by atoms with Gasteiger partial charge in [0.25, 0.3) is 0 Å². The molecule has 0 radical (unpaired) electrons. The van der Waals surface area contributed by atoms with Crippen LogP contribution >= 0.6 is 0 Å². The first-order valence-electron chi connectivity index (χ1n) is 7.69. The van der Waals surface area contributed by atoms with Crippen molar-refractivity contribution in [3.05, 3.63) is 34.9 Å². The van der Waals surface area contributed by atoms with Gasteiger partial charge < -0.3 is 14.7 Å². The Balaban J connectivity index is 1.75. The average Bonchev–Trinajstić information content (AvgIpc) is 3.32. The molecule has 1 aliphatic carbocycles. The van der Waals surface area contributed by atoms with E-state index in [4.69, 9.17) is 9.84 Å². The smallest absolute Gasteiger partial charge is 0.335 e. The Morgan fingerprint density at radius 1 is 1.32 bits per heavy atom. The monoisotopic (exact) mass is 303 g/mol. The molecular weight excluding hydrogens is 282 g/mol. The maximum absolute atomic E-state index is 12.8.